The number of phenols is 1. The standard InChI is InChI=1S/C22H17N3O7S2/c23-18-12-17(33(27,28)29)10-15-11-19(34(30,31)32)21(22(26)20(15)18)25-24-16-8-4-7-14(9-16)13-5-2-1-3-6-13/h1-12,26H,23H2,(H,27,28,29)(H,30,31,32). The SMILES string of the molecule is Nc1cc(S(=O)(=O)O)cc2cc(S(=O)(=O)O)c(N=Nc3cccc(-c4ccccc4)c3)c(O)c12. The lowest BCUT2D eigenvalue weighted by molar-refractivity contribution is 0.472. The highest BCUT2D eigenvalue weighted by atomic mass is 32.2. The molecule has 0 aromatic heterocycles. The summed E-state index contributed by atoms with van der Waals surface area (Å²) in [5.41, 5.74) is 7.05. The number of anilines is 1. The van der Waals surface area contributed by atoms with E-state index in [1.165, 1.54) is 0 Å². The second-order valence-electron chi connectivity index (χ2n) is 7.25. The van der Waals surface area contributed by atoms with E-state index in [4.69, 9.17) is 5.73 Å². The Labute approximate surface area is 194 Å². The van der Waals surface area contributed by atoms with Crippen LogP contribution in [0.1, 0.15) is 0 Å². The number of nitrogens with two attached hydrogens (primary N) is 1. The Balaban J connectivity index is 1.90. The molecule has 0 atom stereocenters. The van der Waals surface area contributed by atoms with Gasteiger partial charge in [0.2, 0.25) is 0 Å². The van der Waals surface area contributed by atoms with Gasteiger partial charge in [-0.1, -0.05) is 42.5 Å². The molecule has 0 spiro atoms. The van der Waals surface area contributed by atoms with Gasteiger partial charge >= 0.3 is 0 Å². The molecule has 0 aliphatic heterocycles. The summed E-state index contributed by atoms with van der Waals surface area (Å²) in [5.74, 6) is -0.743. The van der Waals surface area contributed by atoms with Crippen molar-refractivity contribution in [2.24, 2.45) is 10.2 Å². The molecule has 0 aliphatic rings. The molecule has 0 bridgehead atoms. The summed E-state index contributed by atoms with van der Waals surface area (Å²) in [6, 6.07) is 18.9. The molecule has 12 heteroatoms. The van der Waals surface area contributed by atoms with Gasteiger partial charge < -0.3 is 10.8 Å². The molecule has 0 saturated heterocycles. The van der Waals surface area contributed by atoms with Crippen molar-refractivity contribution in [3.8, 4) is 16.9 Å². The predicted molar refractivity (Wildman–Crippen MR) is 126 cm³/mol. The summed E-state index contributed by atoms with van der Waals surface area (Å²) in [7, 11) is -9.61. The molecule has 0 aliphatic carbocycles. The zero-order chi connectivity index (χ0) is 24.7. The van der Waals surface area contributed by atoms with Crippen LogP contribution in [-0.2, 0) is 20.2 Å². The molecule has 0 fully saturated rings. The summed E-state index contributed by atoms with van der Waals surface area (Å²) in [4.78, 5) is -1.45. The maximum absolute atomic E-state index is 12.0. The smallest absolute Gasteiger partial charge is 0.296 e. The minimum atomic E-state index is -4.93. The first-order valence-corrected chi connectivity index (χ1v) is 12.4. The van der Waals surface area contributed by atoms with Crippen LogP contribution >= 0.6 is 0 Å². The third-order valence-corrected chi connectivity index (χ3v) is 6.65. The van der Waals surface area contributed by atoms with Crippen LogP contribution in [0.4, 0.5) is 17.1 Å². The van der Waals surface area contributed by atoms with E-state index < -0.39 is 41.5 Å². The van der Waals surface area contributed by atoms with E-state index in [0.29, 0.717) is 5.69 Å². The molecule has 0 amide bonds. The van der Waals surface area contributed by atoms with Gasteiger partial charge in [0.1, 0.15) is 10.6 Å². The number of aromatic hydroxyl groups is 1. The molecule has 0 saturated carbocycles. The molecule has 4 aromatic carbocycles. The normalized spacial score (nSPS) is 12.4. The van der Waals surface area contributed by atoms with Crippen LogP contribution in [0.25, 0.3) is 21.9 Å². The van der Waals surface area contributed by atoms with Crippen LogP contribution in [0.3, 0.4) is 0 Å². The maximum Gasteiger partial charge on any atom is 0.296 e. The van der Waals surface area contributed by atoms with E-state index in [1.54, 1.807) is 18.2 Å². The van der Waals surface area contributed by atoms with Gasteiger partial charge in [-0.3, -0.25) is 9.11 Å². The van der Waals surface area contributed by atoms with Gasteiger partial charge in [0.25, 0.3) is 20.2 Å². The first kappa shape index (κ1) is 23.3. The lowest BCUT2D eigenvalue weighted by Gasteiger charge is -2.12. The molecule has 0 radical (unpaired) electrons. The summed E-state index contributed by atoms with van der Waals surface area (Å²) in [5, 5.41) is 18.3. The van der Waals surface area contributed by atoms with Crippen molar-refractivity contribution in [2.45, 2.75) is 9.79 Å². The van der Waals surface area contributed by atoms with Crippen molar-refractivity contribution in [2.75, 3.05) is 5.73 Å². The number of nitrogen functional groups attached to an aromatic ring is 1. The Bertz CT molecular complexity index is 1670. The fraction of sp³-hybridized carbons (Fsp3) is 0. The van der Waals surface area contributed by atoms with Gasteiger partial charge in [-0.25, -0.2) is 0 Å². The van der Waals surface area contributed by atoms with Crippen molar-refractivity contribution in [1.82, 2.24) is 0 Å². The lowest BCUT2D eigenvalue weighted by atomic mass is 10.1. The minimum Gasteiger partial charge on any atom is -0.505 e. The van der Waals surface area contributed by atoms with E-state index in [-0.39, 0.29) is 16.5 Å². The summed E-state index contributed by atoms with van der Waals surface area (Å²) < 4.78 is 66.0. The number of phenolic OH excluding ortho intramolecular Hbond substituents is 1. The fourth-order valence-electron chi connectivity index (χ4n) is 3.42. The van der Waals surface area contributed by atoms with Gasteiger partial charge in [0, 0.05) is 11.1 Å². The lowest BCUT2D eigenvalue weighted by Crippen LogP contribution is -2.02. The molecule has 0 heterocycles. The van der Waals surface area contributed by atoms with Crippen LogP contribution < -0.4 is 5.73 Å². The van der Waals surface area contributed by atoms with Gasteiger partial charge in [0.05, 0.1) is 10.6 Å². The quantitative estimate of drug-likeness (QED) is 0.173. The van der Waals surface area contributed by atoms with E-state index in [2.05, 4.69) is 10.2 Å². The minimum absolute atomic E-state index is 0.133. The molecule has 10 nitrogen and oxygen atoms in total. The fourth-order valence-corrected chi connectivity index (χ4v) is 4.63. The van der Waals surface area contributed by atoms with E-state index in [0.717, 1.165) is 29.3 Å². The van der Waals surface area contributed by atoms with Crippen molar-refractivity contribution in [3.63, 3.8) is 0 Å². The Hall–Kier alpha value is -3.84. The van der Waals surface area contributed by atoms with Crippen LogP contribution in [0.2, 0.25) is 0 Å². The molecule has 174 valence electrons. The first-order chi connectivity index (χ1) is 15.9. The summed E-state index contributed by atoms with van der Waals surface area (Å²) >= 11 is 0. The van der Waals surface area contributed by atoms with Crippen molar-refractivity contribution in [1.29, 1.82) is 0 Å². The van der Waals surface area contributed by atoms with E-state index >= 15 is 0 Å². The average molecular weight is 500 g/mol. The molecular formula is C22H17N3O7S2. The van der Waals surface area contributed by atoms with Crippen molar-refractivity contribution in [3.05, 3.63) is 72.8 Å². The highest BCUT2D eigenvalue weighted by Crippen LogP contribution is 2.44. The summed E-state index contributed by atoms with van der Waals surface area (Å²) in [6.45, 7) is 0. The predicted octanol–water partition coefficient (Wildman–Crippen LogP) is 4.70. The maximum atomic E-state index is 12.0. The second kappa shape index (κ2) is 8.50. The van der Waals surface area contributed by atoms with Gasteiger partial charge in [-0.05, 0) is 46.8 Å². The van der Waals surface area contributed by atoms with E-state index in [9.17, 15) is 31.0 Å². The second-order valence-corrected chi connectivity index (χ2v) is 10.1. The van der Waals surface area contributed by atoms with E-state index in [1.807, 2.05) is 36.4 Å². The van der Waals surface area contributed by atoms with Gasteiger partial charge in [0.15, 0.2) is 5.75 Å². The number of azo groups is 1. The Morgan fingerprint density at radius 2 is 1.41 bits per heavy atom. The molecule has 34 heavy (non-hydrogen) atoms. The number of hydrogen-bond acceptors (Lipinski definition) is 8. The Morgan fingerprint density at radius 3 is 2.06 bits per heavy atom. The van der Waals surface area contributed by atoms with Crippen LogP contribution in [0.5, 0.6) is 5.75 Å². The third kappa shape index (κ3) is 4.61. The monoisotopic (exact) mass is 499 g/mol. The zero-order valence-electron chi connectivity index (χ0n) is 17.2. The van der Waals surface area contributed by atoms with Crippen molar-refractivity contribution >= 4 is 48.1 Å². The number of nitrogens with zero attached hydrogens (tertiary/aromatic N) is 2. The number of benzene rings is 4. The van der Waals surface area contributed by atoms with Crippen LogP contribution in [0, 0.1) is 0 Å². The van der Waals surface area contributed by atoms with Crippen LogP contribution in [0.15, 0.2) is 92.8 Å². The van der Waals surface area contributed by atoms with Crippen molar-refractivity contribution < 1.29 is 31.0 Å². The first-order valence-electron chi connectivity index (χ1n) is 9.56. The van der Waals surface area contributed by atoms with Gasteiger partial charge in [-0.2, -0.15) is 21.9 Å². The Kier molecular flexibility index (Phi) is 5.83. The molecule has 4 rings (SSSR count). The number of hydrogen-bond donors (Lipinski definition) is 4. The molecular weight excluding hydrogens is 482 g/mol. The zero-order valence-corrected chi connectivity index (χ0v) is 18.8. The topological polar surface area (TPSA) is 180 Å². The third-order valence-electron chi connectivity index (χ3n) is 4.95. The summed E-state index contributed by atoms with van der Waals surface area (Å²) in [6.07, 6.45) is 0. The number of fused-ring (bicyclic) bond motifs is 1. The van der Waals surface area contributed by atoms with Crippen LogP contribution in [-0.4, -0.2) is 31.0 Å². The molecule has 4 aromatic rings. The Morgan fingerprint density at radius 1 is 0.735 bits per heavy atom. The van der Waals surface area contributed by atoms with Gasteiger partial charge in [-0.15, -0.1) is 5.11 Å². The number of rotatable bonds is 5. The largest absolute Gasteiger partial charge is 0.505 e. The highest BCUT2D eigenvalue weighted by molar-refractivity contribution is 7.86. The highest BCUT2D eigenvalue weighted by Gasteiger charge is 2.24. The molecule has 5 N–H and O–H groups in total. The molecule has 0 unspecified atom stereocenters. The average Bonchev–Trinajstić information content (AvgIpc) is 2.77.